The fourth-order valence-corrected chi connectivity index (χ4v) is 2.57. The van der Waals surface area contributed by atoms with Gasteiger partial charge < -0.3 is 10.4 Å². The predicted molar refractivity (Wildman–Crippen MR) is 91.6 cm³/mol. The zero-order chi connectivity index (χ0) is 18.8. The average molecular weight is 360 g/mol. The molecule has 8 heteroatoms. The summed E-state index contributed by atoms with van der Waals surface area (Å²) in [6, 6.07) is 4.90. The second-order valence-electron chi connectivity index (χ2n) is 6.22. The Hall–Kier alpha value is -2.87. The Balaban J connectivity index is 1.69. The first-order valence-corrected chi connectivity index (χ1v) is 8.11. The van der Waals surface area contributed by atoms with Crippen LogP contribution in [0.2, 0.25) is 0 Å². The van der Waals surface area contributed by atoms with E-state index in [1.54, 1.807) is 16.9 Å². The van der Waals surface area contributed by atoms with Crippen molar-refractivity contribution in [2.45, 2.75) is 26.0 Å². The van der Waals surface area contributed by atoms with Gasteiger partial charge in [0.15, 0.2) is 17.3 Å². The van der Waals surface area contributed by atoms with E-state index in [0.717, 1.165) is 17.5 Å². The summed E-state index contributed by atoms with van der Waals surface area (Å²) in [4.78, 5) is 16.5. The van der Waals surface area contributed by atoms with Gasteiger partial charge in [0, 0.05) is 24.2 Å². The highest BCUT2D eigenvalue weighted by Gasteiger charge is 2.15. The summed E-state index contributed by atoms with van der Waals surface area (Å²) in [7, 11) is 0. The van der Waals surface area contributed by atoms with Crippen LogP contribution in [0.5, 0.6) is 0 Å². The Morgan fingerprint density at radius 2 is 2.00 bits per heavy atom. The number of nitrogens with one attached hydrogen (secondary N) is 1. The lowest BCUT2D eigenvalue weighted by Crippen LogP contribution is -2.28. The Kier molecular flexibility index (Phi) is 4.94. The number of halogens is 2. The van der Waals surface area contributed by atoms with E-state index in [1.807, 2.05) is 13.8 Å². The number of nitrogens with zero attached hydrogens (tertiary/aromatic N) is 3. The fourth-order valence-electron chi connectivity index (χ4n) is 2.57. The summed E-state index contributed by atoms with van der Waals surface area (Å²) in [5.41, 5.74) is 1.17. The lowest BCUT2D eigenvalue weighted by molar-refractivity contribution is 0.0916. The lowest BCUT2D eigenvalue weighted by atomic mass is 10.1. The van der Waals surface area contributed by atoms with Crippen LogP contribution < -0.4 is 5.32 Å². The number of benzene rings is 1. The van der Waals surface area contributed by atoms with Crippen LogP contribution in [0, 0.1) is 11.6 Å². The second-order valence-corrected chi connectivity index (χ2v) is 6.22. The molecule has 2 N–H and O–H groups in total. The maximum absolute atomic E-state index is 13.2. The third kappa shape index (κ3) is 3.55. The monoisotopic (exact) mass is 360 g/mol. The third-order valence-corrected chi connectivity index (χ3v) is 3.97. The van der Waals surface area contributed by atoms with Gasteiger partial charge >= 0.3 is 0 Å². The summed E-state index contributed by atoms with van der Waals surface area (Å²) in [6.07, 6.45) is 1.91. The van der Waals surface area contributed by atoms with Crippen LogP contribution in [-0.2, 0) is 0 Å². The van der Waals surface area contributed by atoms with Gasteiger partial charge in [-0.25, -0.2) is 18.4 Å². The minimum absolute atomic E-state index is 0.144. The topological polar surface area (TPSA) is 80.0 Å². The Bertz CT molecular complexity index is 956. The third-order valence-electron chi connectivity index (χ3n) is 3.97. The zero-order valence-corrected chi connectivity index (χ0v) is 14.3. The SMILES string of the molecule is CC(C)n1ncc2cc(C(=O)NC[C@H](O)c3ccc(F)c(F)c3)cnc21. The molecule has 0 bridgehead atoms. The van der Waals surface area contributed by atoms with E-state index in [-0.39, 0.29) is 18.2 Å². The van der Waals surface area contributed by atoms with Gasteiger partial charge in [0.1, 0.15) is 0 Å². The lowest BCUT2D eigenvalue weighted by Gasteiger charge is -2.12. The quantitative estimate of drug-likeness (QED) is 0.733. The maximum atomic E-state index is 13.2. The molecule has 0 radical (unpaired) electrons. The molecule has 0 fully saturated rings. The molecular weight excluding hydrogens is 342 g/mol. The van der Waals surface area contributed by atoms with E-state index in [4.69, 9.17) is 0 Å². The van der Waals surface area contributed by atoms with Gasteiger partial charge in [-0.1, -0.05) is 6.07 Å². The number of aromatic nitrogens is 3. The van der Waals surface area contributed by atoms with Crippen molar-refractivity contribution in [1.29, 1.82) is 0 Å². The van der Waals surface area contributed by atoms with Crippen molar-refractivity contribution in [3.8, 4) is 0 Å². The van der Waals surface area contributed by atoms with E-state index in [9.17, 15) is 18.7 Å². The fraction of sp³-hybridized carbons (Fsp3) is 0.278. The van der Waals surface area contributed by atoms with E-state index in [2.05, 4.69) is 15.4 Å². The molecule has 2 heterocycles. The molecule has 3 rings (SSSR count). The Labute approximate surface area is 148 Å². The zero-order valence-electron chi connectivity index (χ0n) is 14.3. The van der Waals surface area contributed by atoms with Crippen molar-refractivity contribution in [2.75, 3.05) is 6.54 Å². The van der Waals surface area contributed by atoms with Crippen LogP contribution in [0.25, 0.3) is 11.0 Å². The smallest absolute Gasteiger partial charge is 0.252 e. The molecule has 3 aromatic rings. The van der Waals surface area contributed by atoms with Crippen LogP contribution in [0.1, 0.15) is 41.9 Å². The number of hydrogen-bond donors (Lipinski definition) is 2. The summed E-state index contributed by atoms with van der Waals surface area (Å²) in [5, 5.41) is 17.6. The minimum Gasteiger partial charge on any atom is -0.387 e. The van der Waals surface area contributed by atoms with E-state index < -0.39 is 23.6 Å². The number of carbonyl (C=O) groups is 1. The summed E-state index contributed by atoms with van der Waals surface area (Å²) in [5.74, 6) is -2.48. The maximum Gasteiger partial charge on any atom is 0.252 e. The summed E-state index contributed by atoms with van der Waals surface area (Å²) >= 11 is 0. The van der Waals surface area contributed by atoms with Crippen molar-refractivity contribution in [1.82, 2.24) is 20.1 Å². The van der Waals surface area contributed by atoms with Crippen molar-refractivity contribution in [3.63, 3.8) is 0 Å². The number of hydrogen-bond acceptors (Lipinski definition) is 4. The molecule has 0 saturated carbocycles. The molecule has 26 heavy (non-hydrogen) atoms. The van der Waals surface area contributed by atoms with Gasteiger partial charge in [0.25, 0.3) is 5.91 Å². The molecule has 6 nitrogen and oxygen atoms in total. The van der Waals surface area contributed by atoms with Gasteiger partial charge in [-0.05, 0) is 37.6 Å². The van der Waals surface area contributed by atoms with Gasteiger partial charge in [0.2, 0.25) is 0 Å². The Morgan fingerprint density at radius 1 is 1.23 bits per heavy atom. The van der Waals surface area contributed by atoms with Crippen LogP contribution in [0.15, 0.2) is 36.7 Å². The number of aliphatic hydroxyl groups is 1. The molecule has 1 amide bonds. The largest absolute Gasteiger partial charge is 0.387 e. The second kappa shape index (κ2) is 7.17. The number of pyridine rings is 1. The van der Waals surface area contributed by atoms with Crippen LogP contribution >= 0.6 is 0 Å². The van der Waals surface area contributed by atoms with Gasteiger partial charge in [0.05, 0.1) is 17.9 Å². The van der Waals surface area contributed by atoms with Crippen molar-refractivity contribution in [3.05, 3.63) is 59.4 Å². The average Bonchev–Trinajstić information content (AvgIpc) is 3.05. The highest BCUT2D eigenvalue weighted by Crippen LogP contribution is 2.18. The molecule has 136 valence electrons. The van der Waals surface area contributed by atoms with E-state index in [0.29, 0.717) is 11.2 Å². The number of amides is 1. The molecule has 1 atom stereocenters. The summed E-state index contributed by atoms with van der Waals surface area (Å²) < 4.78 is 27.9. The molecule has 0 spiro atoms. The normalized spacial score (nSPS) is 12.5. The summed E-state index contributed by atoms with van der Waals surface area (Å²) in [6.45, 7) is 3.82. The van der Waals surface area contributed by atoms with Crippen molar-refractivity contribution < 1.29 is 18.7 Å². The number of carbonyl (C=O) groups excluding carboxylic acids is 1. The van der Waals surface area contributed by atoms with Crippen LogP contribution in [0.4, 0.5) is 8.78 Å². The molecule has 0 saturated heterocycles. The molecule has 2 aromatic heterocycles. The predicted octanol–water partition coefficient (Wildman–Crippen LogP) is 2.75. The number of rotatable bonds is 5. The highest BCUT2D eigenvalue weighted by molar-refractivity contribution is 5.96. The first-order valence-electron chi connectivity index (χ1n) is 8.11. The molecule has 0 aliphatic rings. The molecule has 1 aromatic carbocycles. The van der Waals surface area contributed by atoms with Crippen molar-refractivity contribution in [2.24, 2.45) is 0 Å². The standard InChI is InChI=1S/C18H18F2N4O2/c1-10(2)24-17-12(8-23-24)5-13(7-21-17)18(26)22-9-16(25)11-3-4-14(19)15(20)6-11/h3-8,10,16,25H,9H2,1-2H3,(H,22,26)/t16-/m0/s1. The van der Waals surface area contributed by atoms with Crippen LogP contribution in [-0.4, -0.2) is 32.3 Å². The van der Waals surface area contributed by atoms with Gasteiger partial charge in [-0.2, -0.15) is 5.10 Å². The van der Waals surface area contributed by atoms with Gasteiger partial charge in [-0.3, -0.25) is 4.79 Å². The van der Waals surface area contributed by atoms with E-state index >= 15 is 0 Å². The highest BCUT2D eigenvalue weighted by atomic mass is 19.2. The first-order chi connectivity index (χ1) is 12.4. The van der Waals surface area contributed by atoms with E-state index in [1.165, 1.54) is 12.3 Å². The first kappa shape index (κ1) is 17.9. The molecular formula is C18H18F2N4O2. The number of aliphatic hydroxyl groups excluding tert-OH is 1. The number of fused-ring (bicyclic) bond motifs is 1. The minimum atomic E-state index is -1.16. The van der Waals surface area contributed by atoms with Gasteiger partial charge in [-0.15, -0.1) is 0 Å². The van der Waals surface area contributed by atoms with Crippen molar-refractivity contribution >= 4 is 16.9 Å². The molecule has 0 unspecified atom stereocenters. The Morgan fingerprint density at radius 3 is 2.69 bits per heavy atom. The molecule has 0 aliphatic heterocycles. The van der Waals surface area contributed by atoms with Crippen LogP contribution in [0.3, 0.4) is 0 Å². The molecule has 0 aliphatic carbocycles.